The van der Waals surface area contributed by atoms with E-state index in [0.717, 1.165) is 38.2 Å². The van der Waals surface area contributed by atoms with Crippen LogP contribution in [-0.4, -0.2) is 37.9 Å². The highest BCUT2D eigenvalue weighted by atomic mass is 15.1. The van der Waals surface area contributed by atoms with Crippen molar-refractivity contribution in [2.75, 3.05) is 18.4 Å². The maximum atomic E-state index is 4.75. The summed E-state index contributed by atoms with van der Waals surface area (Å²) in [6.07, 6.45) is 9.22. The van der Waals surface area contributed by atoms with Gasteiger partial charge in [0.15, 0.2) is 5.82 Å². The van der Waals surface area contributed by atoms with Gasteiger partial charge in [0.1, 0.15) is 0 Å². The highest BCUT2D eigenvalue weighted by molar-refractivity contribution is 5.45. The lowest BCUT2D eigenvalue weighted by atomic mass is 9.93. The molecule has 1 aliphatic heterocycles. The van der Waals surface area contributed by atoms with Crippen molar-refractivity contribution >= 4 is 11.8 Å². The molecule has 6 nitrogen and oxygen atoms in total. The fourth-order valence-corrected chi connectivity index (χ4v) is 3.66. The molecule has 0 saturated carbocycles. The summed E-state index contributed by atoms with van der Waals surface area (Å²) in [6.45, 7) is 7.54. The van der Waals surface area contributed by atoms with Gasteiger partial charge in [-0.2, -0.15) is 0 Å². The van der Waals surface area contributed by atoms with E-state index in [1.807, 2.05) is 6.20 Å². The first-order valence-corrected chi connectivity index (χ1v) is 9.82. The van der Waals surface area contributed by atoms with Gasteiger partial charge >= 0.3 is 0 Å². The molecule has 1 saturated heterocycles. The van der Waals surface area contributed by atoms with Crippen molar-refractivity contribution in [3.63, 3.8) is 0 Å². The Hall–Kier alpha value is -2.86. The Kier molecular flexibility index (Phi) is 5.58. The molecular weight excluding hydrogens is 348 g/mol. The van der Waals surface area contributed by atoms with E-state index in [2.05, 4.69) is 57.2 Å². The number of aryl methyl sites for hydroxylation is 2. The van der Waals surface area contributed by atoms with E-state index < -0.39 is 0 Å². The van der Waals surface area contributed by atoms with E-state index in [1.54, 1.807) is 24.7 Å². The van der Waals surface area contributed by atoms with Crippen LogP contribution < -0.4 is 5.32 Å². The van der Waals surface area contributed by atoms with Crippen molar-refractivity contribution in [1.29, 1.82) is 0 Å². The Morgan fingerprint density at radius 1 is 1.04 bits per heavy atom. The number of anilines is 2. The average molecular weight is 374 g/mol. The number of nitrogens with zero attached hydrogens (tertiary/aromatic N) is 5. The zero-order chi connectivity index (χ0) is 19.3. The molecule has 0 unspecified atom stereocenters. The number of likely N-dealkylation sites (tertiary alicyclic amines) is 1. The van der Waals surface area contributed by atoms with Crippen LogP contribution in [0.25, 0.3) is 0 Å². The number of rotatable bonds is 5. The molecule has 0 bridgehead atoms. The molecule has 1 aromatic carbocycles. The van der Waals surface area contributed by atoms with Gasteiger partial charge in [-0.15, -0.1) is 0 Å². The summed E-state index contributed by atoms with van der Waals surface area (Å²) < 4.78 is 0. The summed E-state index contributed by atoms with van der Waals surface area (Å²) in [5.41, 5.74) is 5.17. The molecule has 144 valence electrons. The molecular formula is C22H26N6. The smallest absolute Gasteiger partial charge is 0.228 e. The van der Waals surface area contributed by atoms with Gasteiger partial charge in [-0.25, -0.2) is 15.0 Å². The van der Waals surface area contributed by atoms with Gasteiger partial charge in [0, 0.05) is 31.1 Å². The second-order valence-corrected chi connectivity index (χ2v) is 7.50. The van der Waals surface area contributed by atoms with Crippen LogP contribution in [0.3, 0.4) is 0 Å². The summed E-state index contributed by atoms with van der Waals surface area (Å²) in [5.74, 6) is 1.68. The molecule has 1 N–H and O–H groups in total. The monoisotopic (exact) mass is 374 g/mol. The highest BCUT2D eigenvalue weighted by Crippen LogP contribution is 2.28. The maximum Gasteiger partial charge on any atom is 0.228 e. The first kappa shape index (κ1) is 18.5. The van der Waals surface area contributed by atoms with Crippen LogP contribution in [0.2, 0.25) is 0 Å². The number of piperidine rings is 1. The van der Waals surface area contributed by atoms with Gasteiger partial charge in [-0.1, -0.05) is 18.2 Å². The van der Waals surface area contributed by atoms with Crippen LogP contribution in [0.1, 0.15) is 41.1 Å². The largest absolute Gasteiger partial charge is 0.307 e. The van der Waals surface area contributed by atoms with E-state index >= 15 is 0 Å². The van der Waals surface area contributed by atoms with Crippen molar-refractivity contribution in [2.24, 2.45) is 0 Å². The van der Waals surface area contributed by atoms with Crippen molar-refractivity contribution in [3.8, 4) is 0 Å². The molecule has 28 heavy (non-hydrogen) atoms. The molecule has 1 fully saturated rings. The lowest BCUT2D eigenvalue weighted by Crippen LogP contribution is -2.32. The first-order valence-electron chi connectivity index (χ1n) is 9.82. The summed E-state index contributed by atoms with van der Waals surface area (Å²) in [6, 6.07) is 8.58. The Bertz CT molecular complexity index is 919. The van der Waals surface area contributed by atoms with Gasteiger partial charge in [-0.3, -0.25) is 9.88 Å². The normalized spacial score (nSPS) is 15.5. The Morgan fingerprint density at radius 2 is 1.82 bits per heavy atom. The van der Waals surface area contributed by atoms with Crippen LogP contribution in [0.5, 0.6) is 0 Å². The van der Waals surface area contributed by atoms with Crippen LogP contribution in [0.4, 0.5) is 11.8 Å². The van der Waals surface area contributed by atoms with E-state index in [1.165, 1.54) is 16.7 Å². The van der Waals surface area contributed by atoms with E-state index in [9.17, 15) is 0 Å². The second-order valence-electron chi connectivity index (χ2n) is 7.50. The van der Waals surface area contributed by atoms with E-state index in [4.69, 9.17) is 4.98 Å². The lowest BCUT2D eigenvalue weighted by Gasteiger charge is -2.31. The molecule has 2 aromatic heterocycles. The predicted octanol–water partition coefficient (Wildman–Crippen LogP) is 4.01. The Balaban J connectivity index is 1.35. The average Bonchev–Trinajstić information content (AvgIpc) is 2.72. The summed E-state index contributed by atoms with van der Waals surface area (Å²) in [5, 5.41) is 3.13. The molecule has 0 atom stereocenters. The third kappa shape index (κ3) is 4.51. The molecule has 3 aromatic rings. The van der Waals surface area contributed by atoms with Crippen LogP contribution in [0.15, 0.2) is 49.1 Å². The van der Waals surface area contributed by atoms with Gasteiger partial charge in [0.2, 0.25) is 5.95 Å². The van der Waals surface area contributed by atoms with Gasteiger partial charge < -0.3 is 5.32 Å². The number of hydrogen-bond donors (Lipinski definition) is 1. The molecule has 6 heteroatoms. The predicted molar refractivity (Wildman–Crippen MR) is 111 cm³/mol. The van der Waals surface area contributed by atoms with E-state index in [-0.39, 0.29) is 0 Å². The van der Waals surface area contributed by atoms with E-state index in [0.29, 0.717) is 17.7 Å². The molecule has 1 aliphatic rings. The molecule has 3 heterocycles. The standard InChI is InChI=1S/C22H26N6/c1-16-4-5-18(12-17(16)2)15-28-10-6-19(7-11-28)20-13-23-14-21(26-20)27-22-24-8-3-9-25-22/h3-5,8-9,12-14,19H,6-7,10-11,15H2,1-2H3,(H,24,25,26,27). The third-order valence-electron chi connectivity index (χ3n) is 5.44. The fourth-order valence-electron chi connectivity index (χ4n) is 3.66. The van der Waals surface area contributed by atoms with Gasteiger partial charge in [-0.05, 0) is 62.5 Å². The molecule has 4 rings (SSSR count). The van der Waals surface area contributed by atoms with Crippen molar-refractivity contribution in [2.45, 2.75) is 39.2 Å². The van der Waals surface area contributed by atoms with Crippen molar-refractivity contribution in [1.82, 2.24) is 24.8 Å². The number of hydrogen-bond acceptors (Lipinski definition) is 6. The van der Waals surface area contributed by atoms with Gasteiger partial charge in [0.25, 0.3) is 0 Å². The topological polar surface area (TPSA) is 66.8 Å². The van der Waals surface area contributed by atoms with Crippen LogP contribution >= 0.6 is 0 Å². The SMILES string of the molecule is Cc1ccc(CN2CCC(c3cncc(Nc4ncccn4)n3)CC2)cc1C. The fraction of sp³-hybridized carbons (Fsp3) is 0.364. The summed E-state index contributed by atoms with van der Waals surface area (Å²) in [4.78, 5) is 20.0. The highest BCUT2D eigenvalue weighted by Gasteiger charge is 2.22. The molecule has 0 aliphatic carbocycles. The lowest BCUT2D eigenvalue weighted by molar-refractivity contribution is 0.203. The van der Waals surface area contributed by atoms with Crippen LogP contribution in [0, 0.1) is 13.8 Å². The van der Waals surface area contributed by atoms with Gasteiger partial charge in [0.05, 0.1) is 11.9 Å². The zero-order valence-corrected chi connectivity index (χ0v) is 16.5. The summed E-state index contributed by atoms with van der Waals surface area (Å²) in [7, 11) is 0. The van der Waals surface area contributed by atoms with Crippen molar-refractivity contribution < 1.29 is 0 Å². The quantitative estimate of drug-likeness (QED) is 0.728. The molecule has 0 amide bonds. The zero-order valence-electron chi connectivity index (χ0n) is 16.5. The number of nitrogens with one attached hydrogen (secondary N) is 1. The Labute approximate surface area is 166 Å². The minimum absolute atomic E-state index is 0.446. The molecule has 0 radical (unpaired) electrons. The number of benzene rings is 1. The summed E-state index contributed by atoms with van der Waals surface area (Å²) >= 11 is 0. The van der Waals surface area contributed by atoms with Crippen LogP contribution in [-0.2, 0) is 6.54 Å². The van der Waals surface area contributed by atoms with Crippen molar-refractivity contribution in [3.05, 3.63) is 71.4 Å². The minimum Gasteiger partial charge on any atom is -0.307 e. The second kappa shape index (κ2) is 8.44. The Morgan fingerprint density at radius 3 is 2.57 bits per heavy atom. The third-order valence-corrected chi connectivity index (χ3v) is 5.44. The molecule has 0 spiro atoms. The minimum atomic E-state index is 0.446. The maximum absolute atomic E-state index is 4.75. The first-order chi connectivity index (χ1) is 13.7. The number of aromatic nitrogens is 4.